The van der Waals surface area contributed by atoms with Crippen molar-refractivity contribution in [1.82, 2.24) is 31.9 Å². The van der Waals surface area contributed by atoms with E-state index in [1.54, 1.807) is 0 Å². The summed E-state index contributed by atoms with van der Waals surface area (Å²) < 4.78 is 5.91. The molecule has 4 aliphatic heterocycles. The summed E-state index contributed by atoms with van der Waals surface area (Å²) in [5.74, 6) is -4.67. The fourth-order valence-corrected chi connectivity index (χ4v) is 6.47. The molecule has 19 nitrogen and oxygen atoms in total. The zero-order chi connectivity index (χ0) is 40.1. The van der Waals surface area contributed by atoms with Crippen molar-refractivity contribution >= 4 is 70.7 Å². The van der Waals surface area contributed by atoms with Gasteiger partial charge in [-0.15, -0.1) is 0 Å². The van der Waals surface area contributed by atoms with E-state index in [0.717, 1.165) is 9.80 Å². The first-order valence-electron chi connectivity index (χ1n) is 17.1. The van der Waals surface area contributed by atoms with E-state index in [9.17, 15) is 47.9 Å². The summed E-state index contributed by atoms with van der Waals surface area (Å²) in [5, 5.41) is 13.9. The van der Waals surface area contributed by atoms with Crippen LogP contribution in [0.1, 0.15) is 62.1 Å². The molecule has 6 N–H and O–H groups in total. The van der Waals surface area contributed by atoms with Gasteiger partial charge in [0.15, 0.2) is 0 Å². The lowest BCUT2D eigenvalue weighted by Crippen LogP contribution is -2.60. The van der Waals surface area contributed by atoms with E-state index in [1.165, 1.54) is 84.9 Å². The van der Waals surface area contributed by atoms with E-state index in [2.05, 4.69) is 21.3 Å². The molecule has 2 saturated heterocycles. The summed E-state index contributed by atoms with van der Waals surface area (Å²) in [5.41, 5.74) is 0.631. The second-order valence-corrected chi connectivity index (χ2v) is 13.0. The van der Waals surface area contributed by atoms with Crippen LogP contribution < -0.4 is 46.4 Å². The van der Waals surface area contributed by atoms with Gasteiger partial charge in [0.05, 0.1) is 33.6 Å². The van der Waals surface area contributed by atoms with E-state index in [-0.39, 0.29) is 57.8 Å². The number of anilines is 2. The maximum absolute atomic E-state index is 13.4. The molecule has 284 valence electrons. The number of hydrogen-bond donors (Lipinski definition) is 6. The van der Waals surface area contributed by atoms with Crippen molar-refractivity contribution in [2.75, 3.05) is 22.9 Å². The number of nitrogens with zero attached hydrogens (tertiary/aromatic N) is 2. The molecule has 0 radical (unpaired) electrons. The molecule has 19 heteroatoms. The number of nitrogens with one attached hydrogen (secondary N) is 6. The number of benzene rings is 4. The Kier molecular flexibility index (Phi) is 8.72. The number of urea groups is 2. The minimum atomic E-state index is -1.03. The predicted octanol–water partition coefficient (Wildman–Crippen LogP) is 0.956. The molecule has 57 heavy (non-hydrogen) atoms. The molecule has 0 spiro atoms. The first kappa shape index (κ1) is 35.8. The molecule has 4 aromatic rings. The van der Waals surface area contributed by atoms with Crippen molar-refractivity contribution in [2.45, 2.75) is 12.1 Å². The van der Waals surface area contributed by atoms with Crippen molar-refractivity contribution in [3.05, 3.63) is 118 Å². The van der Waals surface area contributed by atoms with E-state index in [1.807, 2.05) is 10.6 Å². The van der Waals surface area contributed by atoms with Gasteiger partial charge in [0.2, 0.25) is 0 Å². The molecule has 0 aliphatic carbocycles. The van der Waals surface area contributed by atoms with Crippen LogP contribution in [0.5, 0.6) is 11.5 Å². The molecule has 0 bridgehead atoms. The summed E-state index contributed by atoms with van der Waals surface area (Å²) in [6.07, 6.45) is 0. The third-order valence-corrected chi connectivity index (χ3v) is 9.37. The number of carbonyl (C=O) groups is 10. The molecule has 12 amide bonds. The zero-order valence-corrected chi connectivity index (χ0v) is 29.0. The van der Waals surface area contributed by atoms with Gasteiger partial charge in [0.1, 0.15) is 23.6 Å². The second-order valence-electron chi connectivity index (χ2n) is 13.0. The van der Waals surface area contributed by atoms with Crippen molar-refractivity contribution < 1.29 is 52.7 Å². The third-order valence-electron chi connectivity index (χ3n) is 9.37. The molecule has 4 aromatic carbocycles. The van der Waals surface area contributed by atoms with Gasteiger partial charge < -0.3 is 26.0 Å². The van der Waals surface area contributed by atoms with Crippen molar-refractivity contribution in [2.24, 2.45) is 0 Å². The SMILES string of the molecule is O=C1NCC(NC(=O)c2ccc3c(c2)C(=O)N(c2ccc(Oc4ccc(N5C(=O)c6ccc(C(=O)NC7CNC(=O)NC7=O)cc6C5=O)cc4)cc2)C3=O)C(=O)N1. The van der Waals surface area contributed by atoms with Crippen molar-refractivity contribution in [1.29, 1.82) is 0 Å². The van der Waals surface area contributed by atoms with Gasteiger partial charge in [-0.05, 0) is 84.9 Å². The fourth-order valence-electron chi connectivity index (χ4n) is 6.47. The highest BCUT2D eigenvalue weighted by Gasteiger charge is 2.39. The minimum Gasteiger partial charge on any atom is -0.457 e. The Morgan fingerprint density at radius 1 is 0.509 bits per heavy atom. The molecular formula is C38H26N8O11. The van der Waals surface area contributed by atoms with Gasteiger partial charge in [0, 0.05) is 24.2 Å². The smallest absolute Gasteiger partial charge is 0.321 e. The molecule has 2 atom stereocenters. The summed E-state index contributed by atoms with van der Waals surface area (Å²) >= 11 is 0. The second kappa shape index (κ2) is 13.9. The van der Waals surface area contributed by atoms with Crippen LogP contribution in [0.25, 0.3) is 0 Å². The maximum Gasteiger partial charge on any atom is 0.321 e. The van der Waals surface area contributed by atoms with E-state index < -0.39 is 71.4 Å². The number of imide groups is 4. The van der Waals surface area contributed by atoms with E-state index in [4.69, 9.17) is 4.74 Å². The molecule has 4 heterocycles. The van der Waals surface area contributed by atoms with Crippen LogP contribution in [0.2, 0.25) is 0 Å². The van der Waals surface area contributed by atoms with Crippen LogP contribution >= 0.6 is 0 Å². The van der Waals surface area contributed by atoms with Crippen LogP contribution in [0.15, 0.2) is 84.9 Å². The van der Waals surface area contributed by atoms with Crippen LogP contribution in [-0.2, 0) is 9.59 Å². The Morgan fingerprint density at radius 2 is 0.877 bits per heavy atom. The summed E-state index contributed by atoms with van der Waals surface area (Å²) in [4.78, 5) is 127. The molecule has 8 rings (SSSR count). The first-order valence-corrected chi connectivity index (χ1v) is 17.1. The summed E-state index contributed by atoms with van der Waals surface area (Å²) in [6.45, 7) is -0.232. The fraction of sp³-hybridized carbons (Fsp3) is 0.105. The topological polar surface area (TPSA) is 259 Å². The Morgan fingerprint density at radius 3 is 1.25 bits per heavy atom. The lowest BCUT2D eigenvalue weighted by atomic mass is 10.0. The molecule has 0 aromatic heterocycles. The predicted molar refractivity (Wildman–Crippen MR) is 194 cm³/mol. The largest absolute Gasteiger partial charge is 0.457 e. The van der Waals surface area contributed by atoms with Crippen LogP contribution in [-0.4, -0.2) is 84.5 Å². The number of rotatable bonds is 8. The minimum absolute atomic E-state index is 0.0130. The van der Waals surface area contributed by atoms with Gasteiger partial charge >= 0.3 is 12.1 Å². The van der Waals surface area contributed by atoms with E-state index >= 15 is 0 Å². The normalized spacial score (nSPS) is 18.6. The Labute approximate surface area is 319 Å². The number of fused-ring (bicyclic) bond motifs is 2. The Balaban J connectivity index is 0.902. The van der Waals surface area contributed by atoms with E-state index in [0.29, 0.717) is 11.5 Å². The zero-order valence-electron chi connectivity index (χ0n) is 29.0. The lowest BCUT2D eigenvalue weighted by Gasteiger charge is -2.23. The van der Waals surface area contributed by atoms with Gasteiger partial charge in [-0.1, -0.05) is 0 Å². The number of amides is 12. The van der Waals surface area contributed by atoms with Crippen LogP contribution in [0, 0.1) is 0 Å². The highest BCUT2D eigenvalue weighted by molar-refractivity contribution is 6.35. The molecule has 0 saturated carbocycles. The van der Waals surface area contributed by atoms with Gasteiger partial charge in [0.25, 0.3) is 47.3 Å². The highest BCUT2D eigenvalue weighted by Crippen LogP contribution is 2.34. The van der Waals surface area contributed by atoms with Crippen molar-refractivity contribution in [3.8, 4) is 11.5 Å². The summed E-state index contributed by atoms with van der Waals surface area (Å²) in [6, 6.07) is 16.5. The number of ether oxygens (including phenoxy) is 1. The van der Waals surface area contributed by atoms with Gasteiger partial charge in [-0.25, -0.2) is 19.4 Å². The highest BCUT2D eigenvalue weighted by atomic mass is 16.5. The average Bonchev–Trinajstić information content (AvgIpc) is 3.60. The third kappa shape index (κ3) is 6.54. The van der Waals surface area contributed by atoms with Gasteiger partial charge in [-0.2, -0.15) is 0 Å². The van der Waals surface area contributed by atoms with Crippen LogP contribution in [0.4, 0.5) is 21.0 Å². The first-order chi connectivity index (χ1) is 27.4. The Bertz CT molecular complexity index is 2350. The molecule has 2 fully saturated rings. The lowest BCUT2D eigenvalue weighted by molar-refractivity contribution is -0.123. The quantitative estimate of drug-likeness (QED) is 0.138. The standard InChI is InChI=1S/C38H26N8O11/c47-29(41-27-15-39-37(55)43-31(27)49)17-1-11-23-25(13-17)35(53)45(33(23)51)19-3-7-21(8-4-19)57-22-9-5-20(6-10-22)46-34(52)24-12-2-18(14-26(24)36(46)54)30(48)42-28-16-40-38(56)44-32(28)50/h1-14,27-28H,15-16H2,(H,41,47)(H,42,48)(H2,39,43,49,55)(H2,40,44,50,56). The van der Waals surface area contributed by atoms with Gasteiger partial charge in [-0.3, -0.25) is 49.0 Å². The van der Waals surface area contributed by atoms with Crippen molar-refractivity contribution in [3.63, 3.8) is 0 Å². The average molecular weight is 771 g/mol. The molecular weight excluding hydrogens is 744 g/mol. The summed E-state index contributed by atoms with van der Waals surface area (Å²) in [7, 11) is 0. The van der Waals surface area contributed by atoms with Crippen LogP contribution in [0.3, 0.4) is 0 Å². The molecule has 2 unspecified atom stereocenters. The maximum atomic E-state index is 13.4. The number of carbonyl (C=O) groups excluding carboxylic acids is 10. The Hall–Kier alpha value is -8.22. The number of hydrogen-bond acceptors (Lipinski definition) is 11. The molecule has 4 aliphatic rings. The monoisotopic (exact) mass is 770 g/mol.